The first-order valence-electron chi connectivity index (χ1n) is 5.37. The molecule has 1 aromatic carbocycles. The SMILES string of the molecule is OC(Cc1cccc(F)c1Br)C1CCSC1. The molecule has 1 heterocycles. The first-order valence-corrected chi connectivity index (χ1v) is 7.32. The molecule has 1 fully saturated rings. The Morgan fingerprint density at radius 2 is 2.38 bits per heavy atom. The zero-order valence-corrected chi connectivity index (χ0v) is 11.2. The van der Waals surface area contributed by atoms with Crippen molar-refractivity contribution < 1.29 is 9.50 Å². The summed E-state index contributed by atoms with van der Waals surface area (Å²) in [6.45, 7) is 0. The fourth-order valence-electron chi connectivity index (χ4n) is 1.95. The Labute approximate surface area is 108 Å². The van der Waals surface area contributed by atoms with Crippen LogP contribution in [0.15, 0.2) is 22.7 Å². The van der Waals surface area contributed by atoms with Gasteiger partial charge in [0.05, 0.1) is 10.6 Å². The Morgan fingerprint density at radius 3 is 3.06 bits per heavy atom. The van der Waals surface area contributed by atoms with Gasteiger partial charge >= 0.3 is 0 Å². The predicted molar refractivity (Wildman–Crippen MR) is 69.2 cm³/mol. The molecule has 1 aromatic rings. The molecule has 2 rings (SSSR count). The number of aliphatic hydroxyl groups is 1. The summed E-state index contributed by atoms with van der Waals surface area (Å²) in [6, 6.07) is 4.97. The lowest BCUT2D eigenvalue weighted by atomic mass is 9.96. The Balaban J connectivity index is 2.05. The highest BCUT2D eigenvalue weighted by atomic mass is 79.9. The molecule has 0 radical (unpaired) electrons. The lowest BCUT2D eigenvalue weighted by molar-refractivity contribution is 0.120. The van der Waals surface area contributed by atoms with Gasteiger partial charge in [0.25, 0.3) is 0 Å². The van der Waals surface area contributed by atoms with Crippen LogP contribution in [0.4, 0.5) is 4.39 Å². The first kappa shape index (κ1) is 12.4. The van der Waals surface area contributed by atoms with Gasteiger partial charge in [-0.05, 0) is 57.8 Å². The van der Waals surface area contributed by atoms with Gasteiger partial charge in [-0.3, -0.25) is 0 Å². The van der Waals surface area contributed by atoms with Crippen LogP contribution in [0.5, 0.6) is 0 Å². The second-order valence-electron chi connectivity index (χ2n) is 4.11. The van der Waals surface area contributed by atoms with E-state index in [0.717, 1.165) is 23.5 Å². The predicted octanol–water partition coefficient (Wildman–Crippen LogP) is 3.24. The van der Waals surface area contributed by atoms with E-state index in [1.807, 2.05) is 17.8 Å². The van der Waals surface area contributed by atoms with Gasteiger partial charge in [-0.25, -0.2) is 4.39 Å². The normalized spacial score (nSPS) is 22.3. The van der Waals surface area contributed by atoms with Gasteiger partial charge in [-0.15, -0.1) is 0 Å². The van der Waals surface area contributed by atoms with Gasteiger partial charge in [0.2, 0.25) is 0 Å². The molecular weight excluding hydrogens is 291 g/mol. The smallest absolute Gasteiger partial charge is 0.137 e. The van der Waals surface area contributed by atoms with Crippen LogP contribution in [-0.2, 0) is 6.42 Å². The van der Waals surface area contributed by atoms with Gasteiger partial charge in [-0.2, -0.15) is 11.8 Å². The third kappa shape index (κ3) is 2.79. The van der Waals surface area contributed by atoms with Gasteiger partial charge in [-0.1, -0.05) is 12.1 Å². The Hall–Kier alpha value is -0.0600. The Morgan fingerprint density at radius 1 is 1.56 bits per heavy atom. The summed E-state index contributed by atoms with van der Waals surface area (Å²) in [5.74, 6) is 2.26. The van der Waals surface area contributed by atoms with Crippen molar-refractivity contribution in [2.24, 2.45) is 5.92 Å². The summed E-state index contributed by atoms with van der Waals surface area (Å²) in [5.41, 5.74) is 0.851. The summed E-state index contributed by atoms with van der Waals surface area (Å²) in [5, 5.41) is 10.1. The van der Waals surface area contributed by atoms with E-state index in [1.165, 1.54) is 6.07 Å². The van der Waals surface area contributed by atoms with Crippen LogP contribution in [0, 0.1) is 11.7 Å². The van der Waals surface area contributed by atoms with Gasteiger partial charge in [0, 0.05) is 0 Å². The highest BCUT2D eigenvalue weighted by Crippen LogP contribution is 2.29. The number of rotatable bonds is 3. The summed E-state index contributed by atoms with van der Waals surface area (Å²) >= 11 is 5.11. The monoisotopic (exact) mass is 304 g/mol. The lowest BCUT2D eigenvalue weighted by Gasteiger charge is -2.17. The minimum absolute atomic E-state index is 0.259. The molecule has 1 nitrogen and oxygen atoms in total. The zero-order valence-electron chi connectivity index (χ0n) is 8.83. The van der Waals surface area contributed by atoms with Crippen LogP contribution in [0.25, 0.3) is 0 Å². The molecule has 0 saturated carbocycles. The maximum absolute atomic E-state index is 13.3. The maximum Gasteiger partial charge on any atom is 0.137 e. The molecule has 0 spiro atoms. The number of halogens is 2. The van der Waals surface area contributed by atoms with E-state index in [0.29, 0.717) is 16.8 Å². The quantitative estimate of drug-likeness (QED) is 0.925. The number of aliphatic hydroxyl groups excluding tert-OH is 1. The molecule has 0 amide bonds. The van der Waals surface area contributed by atoms with Crippen LogP contribution in [-0.4, -0.2) is 22.7 Å². The third-order valence-corrected chi connectivity index (χ3v) is 5.05. The standard InChI is InChI=1S/C12H14BrFOS/c13-12-8(2-1-3-10(12)14)6-11(15)9-4-5-16-7-9/h1-3,9,11,15H,4-7H2. The van der Waals surface area contributed by atoms with Crippen molar-refractivity contribution in [3.63, 3.8) is 0 Å². The second kappa shape index (κ2) is 5.52. The van der Waals surface area contributed by atoms with Crippen LogP contribution in [0.3, 0.4) is 0 Å². The van der Waals surface area contributed by atoms with Gasteiger partial charge in [0.1, 0.15) is 5.82 Å². The van der Waals surface area contributed by atoms with Crippen molar-refractivity contribution in [3.8, 4) is 0 Å². The van der Waals surface area contributed by atoms with E-state index in [2.05, 4.69) is 15.9 Å². The van der Waals surface area contributed by atoms with Crippen molar-refractivity contribution in [1.29, 1.82) is 0 Å². The van der Waals surface area contributed by atoms with Gasteiger partial charge < -0.3 is 5.11 Å². The number of hydrogen-bond donors (Lipinski definition) is 1. The van der Waals surface area contributed by atoms with Crippen LogP contribution < -0.4 is 0 Å². The van der Waals surface area contributed by atoms with Crippen LogP contribution >= 0.6 is 27.7 Å². The highest BCUT2D eigenvalue weighted by Gasteiger charge is 2.24. The summed E-state index contributed by atoms with van der Waals surface area (Å²) in [4.78, 5) is 0. The van der Waals surface area contributed by atoms with E-state index < -0.39 is 0 Å². The molecule has 1 N–H and O–H groups in total. The first-order chi connectivity index (χ1) is 7.68. The molecule has 1 aliphatic rings. The molecule has 88 valence electrons. The minimum Gasteiger partial charge on any atom is -0.392 e. The van der Waals surface area contributed by atoms with Crippen molar-refractivity contribution in [2.45, 2.75) is 18.9 Å². The highest BCUT2D eigenvalue weighted by molar-refractivity contribution is 9.10. The molecular formula is C12H14BrFOS. The minimum atomic E-state index is -0.354. The summed E-state index contributed by atoms with van der Waals surface area (Å²) < 4.78 is 13.8. The molecule has 1 aliphatic heterocycles. The van der Waals surface area contributed by atoms with Crippen molar-refractivity contribution in [2.75, 3.05) is 11.5 Å². The topological polar surface area (TPSA) is 20.2 Å². The van der Waals surface area contributed by atoms with E-state index in [1.54, 1.807) is 6.07 Å². The van der Waals surface area contributed by atoms with E-state index >= 15 is 0 Å². The van der Waals surface area contributed by atoms with Crippen molar-refractivity contribution in [3.05, 3.63) is 34.1 Å². The number of hydrogen-bond acceptors (Lipinski definition) is 2. The van der Waals surface area contributed by atoms with Crippen LogP contribution in [0.2, 0.25) is 0 Å². The van der Waals surface area contributed by atoms with E-state index in [9.17, 15) is 9.50 Å². The fourth-order valence-corrected chi connectivity index (χ4v) is 3.71. The fraction of sp³-hybridized carbons (Fsp3) is 0.500. The molecule has 2 unspecified atom stereocenters. The average molecular weight is 305 g/mol. The molecule has 0 aromatic heterocycles. The van der Waals surface area contributed by atoms with E-state index in [4.69, 9.17) is 0 Å². The molecule has 1 saturated heterocycles. The number of benzene rings is 1. The Bertz CT molecular complexity index is 366. The van der Waals surface area contributed by atoms with Crippen molar-refractivity contribution in [1.82, 2.24) is 0 Å². The molecule has 2 atom stereocenters. The summed E-state index contributed by atoms with van der Waals surface area (Å²) in [6.07, 6.45) is 1.25. The molecule has 4 heteroatoms. The number of thioether (sulfide) groups is 1. The summed E-state index contributed by atoms with van der Waals surface area (Å²) in [7, 11) is 0. The second-order valence-corrected chi connectivity index (χ2v) is 6.05. The molecule has 0 bridgehead atoms. The lowest BCUT2D eigenvalue weighted by Crippen LogP contribution is -2.22. The largest absolute Gasteiger partial charge is 0.392 e. The van der Waals surface area contributed by atoms with E-state index in [-0.39, 0.29) is 11.9 Å². The molecule has 0 aliphatic carbocycles. The zero-order chi connectivity index (χ0) is 11.5. The van der Waals surface area contributed by atoms with Gasteiger partial charge in [0.15, 0.2) is 0 Å². The maximum atomic E-state index is 13.3. The Kier molecular flexibility index (Phi) is 4.27. The third-order valence-electron chi connectivity index (χ3n) is 2.97. The molecule has 16 heavy (non-hydrogen) atoms. The van der Waals surface area contributed by atoms with Crippen molar-refractivity contribution >= 4 is 27.7 Å². The van der Waals surface area contributed by atoms with Crippen LogP contribution in [0.1, 0.15) is 12.0 Å². The average Bonchev–Trinajstić information content (AvgIpc) is 2.78.